The predicted molar refractivity (Wildman–Crippen MR) is 93.7 cm³/mol. The lowest BCUT2D eigenvalue weighted by Gasteiger charge is -2.37. The molecule has 0 fully saturated rings. The minimum atomic E-state index is -0.950. The van der Waals surface area contributed by atoms with Gasteiger partial charge in [0.1, 0.15) is 0 Å². The minimum Gasteiger partial charge on any atom is -0.427 e. The molecule has 2 rings (SSSR count). The number of hydrogen-bond donors (Lipinski definition) is 1. The van der Waals surface area contributed by atoms with Crippen LogP contribution in [0.4, 0.5) is 0 Å². The van der Waals surface area contributed by atoms with Crippen LogP contribution in [-0.4, -0.2) is 23.8 Å². The lowest BCUT2D eigenvalue weighted by Crippen LogP contribution is -2.49. The van der Waals surface area contributed by atoms with Gasteiger partial charge in [-0.3, -0.25) is 0 Å². The number of benzene rings is 2. The van der Waals surface area contributed by atoms with Crippen LogP contribution >= 0.6 is 11.6 Å². The first-order valence-electron chi connectivity index (χ1n) is 7.29. The molecule has 0 saturated heterocycles. The molecule has 115 valence electrons. The maximum atomic E-state index is 10.2. The summed E-state index contributed by atoms with van der Waals surface area (Å²) in [6.45, 7) is 7.21. The fourth-order valence-electron chi connectivity index (χ4n) is 1.87. The molecule has 0 aliphatic rings. The van der Waals surface area contributed by atoms with Gasteiger partial charge in [0.25, 0.3) is 0 Å². The summed E-state index contributed by atoms with van der Waals surface area (Å²) < 4.78 is 5.86. The van der Waals surface area contributed by atoms with E-state index in [4.69, 9.17) is 16.3 Å². The molecule has 0 heterocycles. The molecule has 0 bridgehead atoms. The molecule has 0 aliphatic heterocycles. The first kappa shape index (κ1) is 17.1. The zero-order chi connectivity index (χ0) is 16.4. The zero-order valence-corrected chi connectivity index (χ0v) is 14.2. The van der Waals surface area contributed by atoms with Crippen LogP contribution < -0.4 is 5.46 Å². The first-order valence-corrected chi connectivity index (χ1v) is 7.67. The summed E-state index contributed by atoms with van der Waals surface area (Å²) in [5.74, 6) is 0. The van der Waals surface area contributed by atoms with Crippen molar-refractivity contribution in [1.29, 1.82) is 0 Å². The Hall–Kier alpha value is -1.29. The van der Waals surface area contributed by atoms with Gasteiger partial charge in [-0.05, 0) is 56.4 Å². The Bertz CT molecular complexity index is 648. The van der Waals surface area contributed by atoms with E-state index in [1.54, 1.807) is 21.3 Å². The molecule has 22 heavy (non-hydrogen) atoms. The molecule has 2 aromatic carbocycles. The summed E-state index contributed by atoms with van der Waals surface area (Å²) in [5, 5.41) is 10.9. The van der Waals surface area contributed by atoms with Crippen molar-refractivity contribution in [2.75, 3.05) is 0 Å². The van der Waals surface area contributed by atoms with Crippen molar-refractivity contribution in [2.24, 2.45) is 0 Å². The Morgan fingerprint density at radius 1 is 1.00 bits per heavy atom. The summed E-state index contributed by atoms with van der Waals surface area (Å²) >= 11 is 6.08. The molecule has 1 radical (unpaired) electrons. The SMILES string of the molecule is CC(C)(O)C(C)(C)O[B]c1ccccc1-c1cccc(Cl)c1. The van der Waals surface area contributed by atoms with Crippen LogP contribution in [0.2, 0.25) is 5.02 Å². The van der Waals surface area contributed by atoms with Crippen molar-refractivity contribution in [3.05, 3.63) is 53.6 Å². The second kappa shape index (κ2) is 6.45. The van der Waals surface area contributed by atoms with Crippen LogP contribution in [0.15, 0.2) is 48.5 Å². The van der Waals surface area contributed by atoms with Gasteiger partial charge >= 0.3 is 7.48 Å². The van der Waals surface area contributed by atoms with Gasteiger partial charge < -0.3 is 9.76 Å². The van der Waals surface area contributed by atoms with Crippen molar-refractivity contribution >= 4 is 24.5 Å². The Balaban J connectivity index is 2.27. The molecular formula is C18H21BClO2. The van der Waals surface area contributed by atoms with Crippen molar-refractivity contribution in [2.45, 2.75) is 38.9 Å². The summed E-state index contributed by atoms with van der Waals surface area (Å²) in [6.07, 6.45) is 0. The van der Waals surface area contributed by atoms with Crippen LogP contribution in [0.5, 0.6) is 0 Å². The second-order valence-corrected chi connectivity index (χ2v) is 6.84. The third-order valence-electron chi connectivity index (χ3n) is 4.05. The fourth-order valence-corrected chi connectivity index (χ4v) is 2.06. The number of hydrogen-bond acceptors (Lipinski definition) is 2. The molecule has 0 amide bonds. The van der Waals surface area contributed by atoms with E-state index in [1.165, 1.54) is 0 Å². The molecule has 4 heteroatoms. The van der Waals surface area contributed by atoms with Gasteiger partial charge in [-0.1, -0.05) is 48.0 Å². The first-order chi connectivity index (χ1) is 10.2. The largest absolute Gasteiger partial charge is 0.427 e. The van der Waals surface area contributed by atoms with Gasteiger partial charge in [-0.25, -0.2) is 0 Å². The fraction of sp³-hybridized carbons (Fsp3) is 0.333. The normalized spacial score (nSPS) is 12.3. The highest BCUT2D eigenvalue weighted by molar-refractivity contribution is 6.49. The lowest BCUT2D eigenvalue weighted by atomic mass is 9.79. The quantitative estimate of drug-likeness (QED) is 0.850. The van der Waals surface area contributed by atoms with Gasteiger partial charge in [-0.15, -0.1) is 0 Å². The average molecular weight is 316 g/mol. The van der Waals surface area contributed by atoms with Crippen molar-refractivity contribution < 1.29 is 9.76 Å². The summed E-state index contributed by atoms with van der Waals surface area (Å²) in [4.78, 5) is 0. The van der Waals surface area contributed by atoms with Crippen LogP contribution in [0.25, 0.3) is 11.1 Å². The highest BCUT2D eigenvalue weighted by Gasteiger charge is 2.35. The molecule has 0 aromatic heterocycles. The van der Waals surface area contributed by atoms with Crippen LogP contribution in [-0.2, 0) is 4.65 Å². The zero-order valence-electron chi connectivity index (χ0n) is 13.4. The summed E-state index contributed by atoms with van der Waals surface area (Å²) in [5.41, 5.74) is 1.37. The number of rotatable bonds is 5. The van der Waals surface area contributed by atoms with Gasteiger partial charge in [0.2, 0.25) is 0 Å². The Kier molecular flexibility index (Phi) is 5.01. The average Bonchev–Trinajstić information content (AvgIpc) is 2.44. The summed E-state index contributed by atoms with van der Waals surface area (Å²) in [7, 11) is 1.70. The van der Waals surface area contributed by atoms with Gasteiger partial charge in [0.05, 0.1) is 11.2 Å². The Morgan fingerprint density at radius 3 is 2.32 bits per heavy atom. The smallest absolute Gasteiger partial charge is 0.331 e. The van der Waals surface area contributed by atoms with Crippen LogP contribution in [0.1, 0.15) is 27.7 Å². The van der Waals surface area contributed by atoms with E-state index in [0.29, 0.717) is 5.02 Å². The maximum absolute atomic E-state index is 10.2. The monoisotopic (exact) mass is 315 g/mol. The topological polar surface area (TPSA) is 29.5 Å². The van der Waals surface area contributed by atoms with E-state index < -0.39 is 11.2 Å². The molecule has 0 atom stereocenters. The highest BCUT2D eigenvalue weighted by atomic mass is 35.5. The minimum absolute atomic E-state index is 0.699. The van der Waals surface area contributed by atoms with Crippen molar-refractivity contribution in [3.63, 3.8) is 0 Å². The second-order valence-electron chi connectivity index (χ2n) is 6.40. The van der Waals surface area contributed by atoms with E-state index in [1.807, 2.05) is 62.4 Å². The van der Waals surface area contributed by atoms with E-state index in [-0.39, 0.29) is 0 Å². The molecule has 0 aliphatic carbocycles. The summed E-state index contributed by atoms with van der Waals surface area (Å²) in [6, 6.07) is 15.7. The Morgan fingerprint density at radius 2 is 1.68 bits per heavy atom. The van der Waals surface area contributed by atoms with E-state index in [9.17, 15) is 5.11 Å². The van der Waals surface area contributed by atoms with Gasteiger partial charge in [-0.2, -0.15) is 0 Å². The van der Waals surface area contributed by atoms with Crippen LogP contribution in [0, 0.1) is 0 Å². The Labute approximate surface area is 138 Å². The molecule has 0 saturated carbocycles. The van der Waals surface area contributed by atoms with Crippen molar-refractivity contribution in [3.8, 4) is 11.1 Å². The van der Waals surface area contributed by atoms with E-state index in [0.717, 1.165) is 16.6 Å². The third kappa shape index (κ3) is 3.92. The molecule has 2 aromatic rings. The van der Waals surface area contributed by atoms with Crippen LogP contribution in [0.3, 0.4) is 0 Å². The predicted octanol–water partition coefficient (Wildman–Crippen LogP) is 3.82. The maximum Gasteiger partial charge on any atom is 0.331 e. The molecular weight excluding hydrogens is 294 g/mol. The number of halogens is 1. The molecule has 0 spiro atoms. The molecule has 0 unspecified atom stereocenters. The molecule has 2 nitrogen and oxygen atoms in total. The van der Waals surface area contributed by atoms with E-state index in [2.05, 4.69) is 0 Å². The highest BCUT2D eigenvalue weighted by Crippen LogP contribution is 2.25. The van der Waals surface area contributed by atoms with Gasteiger partial charge in [0.15, 0.2) is 0 Å². The van der Waals surface area contributed by atoms with Gasteiger partial charge in [0, 0.05) is 5.02 Å². The molecule has 1 N–H and O–H groups in total. The lowest BCUT2D eigenvalue weighted by molar-refractivity contribution is -0.0893. The number of aliphatic hydroxyl groups is 1. The van der Waals surface area contributed by atoms with Crippen molar-refractivity contribution in [1.82, 2.24) is 0 Å². The standard InChI is InChI=1S/C18H21BClO2/c1-17(2,21)18(3,4)22-19-16-11-6-5-10-15(16)13-8-7-9-14(20)12-13/h5-12,21H,1-4H3. The van der Waals surface area contributed by atoms with E-state index >= 15 is 0 Å². The third-order valence-corrected chi connectivity index (χ3v) is 4.29.